The van der Waals surface area contributed by atoms with Crippen LogP contribution in [-0.4, -0.2) is 39.4 Å². The molecule has 0 radical (unpaired) electrons. The molecular formula is C20H22ClN3O4S. The van der Waals surface area contributed by atoms with Crippen molar-refractivity contribution in [2.45, 2.75) is 30.7 Å². The van der Waals surface area contributed by atoms with Gasteiger partial charge in [0, 0.05) is 17.3 Å². The highest BCUT2D eigenvalue weighted by atomic mass is 35.5. The molecule has 3 rings (SSSR count). The zero-order valence-electron chi connectivity index (χ0n) is 15.9. The Labute approximate surface area is 175 Å². The predicted molar refractivity (Wildman–Crippen MR) is 111 cm³/mol. The fourth-order valence-corrected chi connectivity index (χ4v) is 4.32. The summed E-state index contributed by atoms with van der Waals surface area (Å²) in [5.74, 6) is -0.820. The standard InChI is InChI=1S/C20H22ClN3O4S/c1-14(20(26)24-12-4-6-15-5-2-3-7-18(15)24)23-19(25)13-22-29(27,28)17-10-8-16(21)9-11-17/h2-3,5,7-11,14,22H,4,6,12-13H2,1H3,(H,23,25)/t14-/m1/s1. The quantitative estimate of drug-likeness (QED) is 0.726. The molecule has 1 atom stereocenters. The van der Waals surface area contributed by atoms with E-state index in [-0.39, 0.29) is 10.8 Å². The highest BCUT2D eigenvalue weighted by Crippen LogP contribution is 2.27. The van der Waals surface area contributed by atoms with Crippen LogP contribution < -0.4 is 14.9 Å². The lowest BCUT2D eigenvalue weighted by atomic mass is 10.0. The van der Waals surface area contributed by atoms with Crippen LogP contribution in [0.5, 0.6) is 0 Å². The highest BCUT2D eigenvalue weighted by molar-refractivity contribution is 7.89. The summed E-state index contributed by atoms with van der Waals surface area (Å²) in [5.41, 5.74) is 1.95. The van der Waals surface area contributed by atoms with E-state index in [4.69, 9.17) is 11.6 Å². The Morgan fingerprint density at radius 3 is 2.55 bits per heavy atom. The van der Waals surface area contributed by atoms with Crippen LogP contribution >= 0.6 is 11.6 Å². The third-order valence-corrected chi connectivity index (χ3v) is 6.34. The van der Waals surface area contributed by atoms with E-state index in [2.05, 4.69) is 10.0 Å². The Balaban J connectivity index is 1.58. The van der Waals surface area contributed by atoms with Gasteiger partial charge in [-0.1, -0.05) is 29.8 Å². The number of anilines is 1. The van der Waals surface area contributed by atoms with Gasteiger partial charge in [-0.05, 0) is 55.7 Å². The number of rotatable bonds is 6. The van der Waals surface area contributed by atoms with Crippen molar-refractivity contribution >= 4 is 39.1 Å². The molecule has 29 heavy (non-hydrogen) atoms. The lowest BCUT2D eigenvalue weighted by Gasteiger charge is -2.31. The minimum atomic E-state index is -3.85. The minimum Gasteiger partial charge on any atom is -0.343 e. The van der Waals surface area contributed by atoms with Crippen molar-refractivity contribution in [1.29, 1.82) is 0 Å². The van der Waals surface area contributed by atoms with Crippen molar-refractivity contribution in [3.8, 4) is 0 Å². The monoisotopic (exact) mass is 435 g/mol. The van der Waals surface area contributed by atoms with Crippen molar-refractivity contribution in [2.75, 3.05) is 18.0 Å². The number of aryl methyl sites for hydroxylation is 1. The lowest BCUT2D eigenvalue weighted by Crippen LogP contribution is -2.50. The smallest absolute Gasteiger partial charge is 0.249 e. The van der Waals surface area contributed by atoms with Crippen LogP contribution in [0.2, 0.25) is 5.02 Å². The number of hydrogen-bond acceptors (Lipinski definition) is 4. The molecule has 0 aromatic heterocycles. The number of nitrogens with one attached hydrogen (secondary N) is 2. The summed E-state index contributed by atoms with van der Waals surface area (Å²) in [6, 6.07) is 12.5. The van der Waals surface area contributed by atoms with Crippen molar-refractivity contribution in [3.05, 3.63) is 59.1 Å². The molecule has 0 saturated carbocycles. The molecular weight excluding hydrogens is 414 g/mol. The summed E-state index contributed by atoms with van der Waals surface area (Å²) in [5, 5.41) is 2.97. The third kappa shape index (κ3) is 5.14. The fraction of sp³-hybridized carbons (Fsp3) is 0.300. The van der Waals surface area contributed by atoms with E-state index >= 15 is 0 Å². The number of benzene rings is 2. The number of fused-ring (bicyclic) bond motifs is 1. The molecule has 2 amide bonds. The Kier molecular flexibility index (Phi) is 6.56. The maximum absolute atomic E-state index is 12.8. The summed E-state index contributed by atoms with van der Waals surface area (Å²) >= 11 is 5.76. The summed E-state index contributed by atoms with van der Waals surface area (Å²) < 4.78 is 26.7. The van der Waals surface area contributed by atoms with Crippen molar-refractivity contribution in [1.82, 2.24) is 10.0 Å². The van der Waals surface area contributed by atoms with E-state index in [0.717, 1.165) is 24.1 Å². The van der Waals surface area contributed by atoms with Crippen LogP contribution in [0.4, 0.5) is 5.69 Å². The van der Waals surface area contributed by atoms with Gasteiger partial charge in [-0.3, -0.25) is 9.59 Å². The van der Waals surface area contributed by atoms with Crippen molar-refractivity contribution in [3.63, 3.8) is 0 Å². The van der Waals surface area contributed by atoms with Gasteiger partial charge in [0.25, 0.3) is 0 Å². The van der Waals surface area contributed by atoms with Crippen LogP contribution in [-0.2, 0) is 26.0 Å². The molecule has 9 heteroatoms. The second-order valence-electron chi connectivity index (χ2n) is 6.79. The van der Waals surface area contributed by atoms with Gasteiger partial charge in [-0.25, -0.2) is 13.1 Å². The number of sulfonamides is 1. The Morgan fingerprint density at radius 2 is 1.83 bits per heavy atom. The number of carbonyl (C=O) groups is 2. The average molecular weight is 436 g/mol. The molecule has 0 saturated heterocycles. The number of para-hydroxylation sites is 1. The van der Waals surface area contributed by atoms with Gasteiger partial charge in [0.15, 0.2) is 0 Å². The fourth-order valence-electron chi connectivity index (χ4n) is 3.21. The molecule has 2 aromatic carbocycles. The molecule has 0 aliphatic carbocycles. The largest absolute Gasteiger partial charge is 0.343 e. The third-order valence-electron chi connectivity index (χ3n) is 4.67. The van der Waals surface area contributed by atoms with Gasteiger partial charge >= 0.3 is 0 Å². The Morgan fingerprint density at radius 1 is 1.14 bits per heavy atom. The molecule has 7 nitrogen and oxygen atoms in total. The van der Waals surface area contributed by atoms with E-state index in [0.29, 0.717) is 11.6 Å². The number of hydrogen-bond donors (Lipinski definition) is 2. The van der Waals surface area contributed by atoms with Gasteiger partial charge in [-0.2, -0.15) is 0 Å². The molecule has 1 aliphatic rings. The highest BCUT2D eigenvalue weighted by Gasteiger charge is 2.27. The van der Waals surface area contributed by atoms with Crippen LogP contribution in [0.1, 0.15) is 18.9 Å². The molecule has 2 aromatic rings. The number of amides is 2. The summed E-state index contributed by atoms with van der Waals surface area (Å²) in [7, 11) is -3.85. The molecule has 1 aliphatic heterocycles. The normalized spacial score (nSPS) is 14.8. The second-order valence-corrected chi connectivity index (χ2v) is 8.99. The minimum absolute atomic E-state index is 0.00347. The van der Waals surface area contributed by atoms with Gasteiger partial charge in [0.05, 0.1) is 11.4 Å². The summed E-state index contributed by atoms with van der Waals surface area (Å²) in [6.45, 7) is 1.70. The van der Waals surface area contributed by atoms with Crippen molar-refractivity contribution in [2.24, 2.45) is 0 Å². The molecule has 154 valence electrons. The zero-order valence-corrected chi connectivity index (χ0v) is 17.5. The van der Waals surface area contributed by atoms with E-state index in [1.165, 1.54) is 24.3 Å². The number of carbonyl (C=O) groups excluding carboxylic acids is 2. The van der Waals surface area contributed by atoms with Crippen LogP contribution in [0.3, 0.4) is 0 Å². The SMILES string of the molecule is C[C@@H](NC(=O)CNS(=O)(=O)c1ccc(Cl)cc1)C(=O)N1CCCc2ccccc21. The van der Waals surface area contributed by atoms with E-state index in [1.54, 1.807) is 11.8 Å². The first-order chi connectivity index (χ1) is 13.8. The summed E-state index contributed by atoms with van der Waals surface area (Å²) in [4.78, 5) is 26.7. The van der Waals surface area contributed by atoms with Gasteiger partial charge in [0.1, 0.15) is 6.04 Å². The van der Waals surface area contributed by atoms with Gasteiger partial charge in [0.2, 0.25) is 21.8 Å². The van der Waals surface area contributed by atoms with Gasteiger partial charge in [-0.15, -0.1) is 0 Å². The molecule has 0 spiro atoms. The average Bonchev–Trinajstić information content (AvgIpc) is 2.71. The lowest BCUT2D eigenvalue weighted by molar-refractivity contribution is -0.126. The second kappa shape index (κ2) is 8.94. The first-order valence-electron chi connectivity index (χ1n) is 9.22. The van der Waals surface area contributed by atoms with Crippen molar-refractivity contribution < 1.29 is 18.0 Å². The Hall–Kier alpha value is -2.42. The topological polar surface area (TPSA) is 95.6 Å². The maximum Gasteiger partial charge on any atom is 0.249 e. The van der Waals surface area contributed by atoms with Crippen LogP contribution in [0.15, 0.2) is 53.4 Å². The molecule has 0 unspecified atom stereocenters. The van der Waals surface area contributed by atoms with E-state index in [9.17, 15) is 18.0 Å². The van der Waals surface area contributed by atoms with E-state index < -0.39 is 28.5 Å². The predicted octanol–water partition coefficient (Wildman–Crippen LogP) is 2.10. The van der Waals surface area contributed by atoms with Gasteiger partial charge < -0.3 is 10.2 Å². The number of nitrogens with zero attached hydrogens (tertiary/aromatic N) is 1. The summed E-state index contributed by atoms with van der Waals surface area (Å²) in [6.07, 6.45) is 1.76. The van der Waals surface area contributed by atoms with Crippen LogP contribution in [0, 0.1) is 0 Å². The maximum atomic E-state index is 12.8. The molecule has 2 N–H and O–H groups in total. The first kappa shape index (κ1) is 21.3. The molecule has 0 bridgehead atoms. The molecule has 0 fully saturated rings. The number of halogens is 1. The van der Waals surface area contributed by atoms with E-state index in [1.807, 2.05) is 24.3 Å². The zero-order chi connectivity index (χ0) is 21.0. The molecule has 1 heterocycles. The van der Waals surface area contributed by atoms with Crippen LogP contribution in [0.25, 0.3) is 0 Å². The Bertz CT molecular complexity index is 1010. The first-order valence-corrected chi connectivity index (χ1v) is 11.1.